The molecule has 1 saturated carbocycles. The van der Waals surface area contributed by atoms with Crippen LogP contribution in [0.2, 0.25) is 0 Å². The molecule has 0 saturated heterocycles. The van der Waals surface area contributed by atoms with Crippen LogP contribution in [-0.4, -0.2) is 5.11 Å². The van der Waals surface area contributed by atoms with Crippen LogP contribution in [0.3, 0.4) is 0 Å². The van der Waals surface area contributed by atoms with E-state index in [4.69, 9.17) is 0 Å². The second kappa shape index (κ2) is 4.07. The summed E-state index contributed by atoms with van der Waals surface area (Å²) in [6.07, 6.45) is 2.87. The number of thiophene rings is 1. The Bertz CT molecular complexity index is 404. The van der Waals surface area contributed by atoms with Gasteiger partial charge < -0.3 is 5.11 Å². The standard InChI is InChI=1S/C14H21BrOS/c1-12(2)7-13(3,4)9-14(16,8-12)11-10(15)5-6-17-11/h5-6,16H,7-9H2,1-4H3. The van der Waals surface area contributed by atoms with Crippen LogP contribution < -0.4 is 0 Å². The van der Waals surface area contributed by atoms with E-state index in [9.17, 15) is 5.11 Å². The number of hydrogen-bond acceptors (Lipinski definition) is 2. The molecule has 1 aromatic heterocycles. The fraction of sp³-hybridized carbons (Fsp3) is 0.714. The third-order valence-electron chi connectivity index (χ3n) is 3.54. The molecule has 96 valence electrons. The third kappa shape index (κ3) is 2.77. The van der Waals surface area contributed by atoms with Gasteiger partial charge in [-0.25, -0.2) is 0 Å². The molecule has 1 nitrogen and oxygen atoms in total. The normalized spacial score (nSPS) is 25.8. The Morgan fingerprint density at radius 3 is 2.06 bits per heavy atom. The second-order valence-electron chi connectivity index (χ2n) is 6.99. The van der Waals surface area contributed by atoms with Crippen molar-refractivity contribution >= 4 is 27.3 Å². The molecule has 0 amide bonds. The van der Waals surface area contributed by atoms with Crippen LogP contribution in [0.25, 0.3) is 0 Å². The first-order chi connectivity index (χ1) is 7.64. The van der Waals surface area contributed by atoms with Crippen molar-refractivity contribution in [3.05, 3.63) is 20.8 Å². The molecule has 2 rings (SSSR count). The Morgan fingerprint density at radius 1 is 1.12 bits per heavy atom. The van der Waals surface area contributed by atoms with E-state index >= 15 is 0 Å². The molecule has 0 radical (unpaired) electrons. The van der Waals surface area contributed by atoms with E-state index in [-0.39, 0.29) is 10.8 Å². The van der Waals surface area contributed by atoms with Gasteiger partial charge in [-0.3, -0.25) is 0 Å². The summed E-state index contributed by atoms with van der Waals surface area (Å²) < 4.78 is 1.05. The first kappa shape index (κ1) is 13.6. The van der Waals surface area contributed by atoms with Gasteiger partial charge in [0.2, 0.25) is 0 Å². The molecule has 1 aromatic rings. The topological polar surface area (TPSA) is 20.2 Å². The predicted molar refractivity (Wildman–Crippen MR) is 77.3 cm³/mol. The maximum absolute atomic E-state index is 11.1. The Morgan fingerprint density at radius 2 is 1.65 bits per heavy atom. The zero-order valence-corrected chi connectivity index (χ0v) is 13.4. The first-order valence-electron chi connectivity index (χ1n) is 6.10. The molecule has 0 bridgehead atoms. The van der Waals surface area contributed by atoms with Crippen LogP contribution in [0.15, 0.2) is 15.9 Å². The molecule has 17 heavy (non-hydrogen) atoms. The summed E-state index contributed by atoms with van der Waals surface area (Å²) >= 11 is 5.22. The van der Waals surface area contributed by atoms with Crippen molar-refractivity contribution < 1.29 is 5.11 Å². The second-order valence-corrected chi connectivity index (χ2v) is 8.76. The van der Waals surface area contributed by atoms with Gasteiger partial charge in [-0.05, 0) is 57.5 Å². The highest BCUT2D eigenvalue weighted by atomic mass is 79.9. The Labute approximate surface area is 116 Å². The molecule has 1 fully saturated rings. The number of aliphatic hydroxyl groups is 1. The SMILES string of the molecule is CC1(C)CC(C)(C)CC(O)(c2sccc2Br)C1. The minimum Gasteiger partial charge on any atom is -0.384 e. The van der Waals surface area contributed by atoms with Crippen molar-refractivity contribution in [2.45, 2.75) is 52.6 Å². The highest BCUT2D eigenvalue weighted by Gasteiger charge is 2.48. The average Bonchev–Trinajstić information content (AvgIpc) is 2.44. The van der Waals surface area contributed by atoms with Crippen LogP contribution in [0, 0.1) is 10.8 Å². The third-order valence-corrected chi connectivity index (χ3v) is 5.57. The van der Waals surface area contributed by atoms with E-state index in [1.807, 2.05) is 11.4 Å². The molecule has 3 heteroatoms. The summed E-state index contributed by atoms with van der Waals surface area (Å²) in [5.74, 6) is 0. The smallest absolute Gasteiger partial charge is 0.101 e. The van der Waals surface area contributed by atoms with Gasteiger partial charge in [0.1, 0.15) is 5.60 Å². The van der Waals surface area contributed by atoms with Gasteiger partial charge in [0.25, 0.3) is 0 Å². The summed E-state index contributed by atoms with van der Waals surface area (Å²) in [6, 6.07) is 2.03. The van der Waals surface area contributed by atoms with Crippen molar-refractivity contribution in [2.75, 3.05) is 0 Å². The summed E-state index contributed by atoms with van der Waals surface area (Å²) in [5.41, 5.74) is -0.280. The summed E-state index contributed by atoms with van der Waals surface area (Å²) in [4.78, 5) is 1.10. The lowest BCUT2D eigenvalue weighted by atomic mass is 9.59. The highest BCUT2D eigenvalue weighted by Crippen LogP contribution is 2.55. The quantitative estimate of drug-likeness (QED) is 0.778. The van der Waals surface area contributed by atoms with E-state index in [0.29, 0.717) is 0 Å². The van der Waals surface area contributed by atoms with Crippen molar-refractivity contribution in [3.63, 3.8) is 0 Å². The van der Waals surface area contributed by atoms with E-state index < -0.39 is 5.60 Å². The Kier molecular flexibility index (Phi) is 3.25. The van der Waals surface area contributed by atoms with Crippen molar-refractivity contribution in [1.82, 2.24) is 0 Å². The molecule has 0 unspecified atom stereocenters. The van der Waals surface area contributed by atoms with Crippen molar-refractivity contribution in [3.8, 4) is 0 Å². The molecule has 1 heterocycles. The summed E-state index contributed by atoms with van der Waals surface area (Å²) in [5, 5.41) is 13.1. The molecular weight excluding hydrogens is 296 g/mol. The summed E-state index contributed by atoms with van der Waals surface area (Å²) in [6.45, 7) is 9.06. The number of hydrogen-bond donors (Lipinski definition) is 1. The van der Waals surface area contributed by atoms with Crippen LogP contribution in [0.1, 0.15) is 51.8 Å². The lowest BCUT2D eigenvalue weighted by molar-refractivity contribution is -0.0893. The minimum atomic E-state index is -0.668. The monoisotopic (exact) mass is 316 g/mol. The lowest BCUT2D eigenvalue weighted by Crippen LogP contribution is -2.43. The van der Waals surface area contributed by atoms with E-state index in [1.165, 1.54) is 6.42 Å². The molecule has 0 atom stereocenters. The Balaban J connectivity index is 2.41. The van der Waals surface area contributed by atoms with E-state index in [0.717, 1.165) is 22.2 Å². The van der Waals surface area contributed by atoms with Gasteiger partial charge in [0.05, 0.1) is 4.88 Å². The van der Waals surface area contributed by atoms with Gasteiger partial charge >= 0.3 is 0 Å². The molecule has 0 aromatic carbocycles. The zero-order valence-electron chi connectivity index (χ0n) is 11.0. The lowest BCUT2D eigenvalue weighted by Gasteiger charge is -2.49. The van der Waals surface area contributed by atoms with E-state index in [2.05, 4.69) is 43.6 Å². The average molecular weight is 317 g/mol. The molecule has 0 spiro atoms. The van der Waals surface area contributed by atoms with Crippen molar-refractivity contribution in [1.29, 1.82) is 0 Å². The molecule has 0 aliphatic heterocycles. The maximum Gasteiger partial charge on any atom is 0.101 e. The Hall–Kier alpha value is 0.140. The molecular formula is C14H21BrOS. The van der Waals surface area contributed by atoms with Gasteiger partial charge in [0, 0.05) is 4.47 Å². The van der Waals surface area contributed by atoms with Gasteiger partial charge in [-0.15, -0.1) is 11.3 Å². The van der Waals surface area contributed by atoms with Crippen LogP contribution >= 0.6 is 27.3 Å². The minimum absolute atomic E-state index is 0.194. The molecule has 1 aliphatic carbocycles. The zero-order chi connectivity index (χ0) is 12.9. The highest BCUT2D eigenvalue weighted by molar-refractivity contribution is 9.10. The van der Waals surface area contributed by atoms with Crippen LogP contribution in [0.5, 0.6) is 0 Å². The predicted octanol–water partition coefficient (Wildman–Crippen LogP) is 4.93. The largest absolute Gasteiger partial charge is 0.384 e. The fourth-order valence-electron chi connectivity index (χ4n) is 3.85. The van der Waals surface area contributed by atoms with Crippen molar-refractivity contribution in [2.24, 2.45) is 10.8 Å². The fourth-order valence-corrected chi connectivity index (χ4v) is 5.69. The van der Waals surface area contributed by atoms with Gasteiger partial charge in [-0.1, -0.05) is 27.7 Å². The summed E-state index contributed by atoms with van der Waals surface area (Å²) in [7, 11) is 0. The van der Waals surface area contributed by atoms with Crippen LogP contribution in [0.4, 0.5) is 0 Å². The van der Waals surface area contributed by atoms with Gasteiger partial charge in [-0.2, -0.15) is 0 Å². The number of rotatable bonds is 1. The molecule has 1 aliphatic rings. The number of halogens is 1. The van der Waals surface area contributed by atoms with E-state index in [1.54, 1.807) is 11.3 Å². The molecule has 1 N–H and O–H groups in total. The maximum atomic E-state index is 11.1. The van der Waals surface area contributed by atoms with Crippen LogP contribution in [-0.2, 0) is 5.60 Å². The first-order valence-corrected chi connectivity index (χ1v) is 7.77. The van der Waals surface area contributed by atoms with Gasteiger partial charge in [0.15, 0.2) is 0 Å².